The standard InChI is InChI=1S/C15H18FNO3S.C6H5Cl/c1-2-11-21(19,20)17-9-7-13(8-10-17)15(18)12-3-5-14(16)6-4-12;7-6-4-2-1-3-5-6/h2-6,13H,1,7-11H2;1-5H. The second-order valence-electron chi connectivity index (χ2n) is 6.41. The van der Waals surface area contributed by atoms with Crippen LogP contribution in [-0.2, 0) is 10.0 Å². The molecule has 2 aromatic carbocycles. The van der Waals surface area contributed by atoms with E-state index in [1.165, 1.54) is 34.6 Å². The number of carbonyl (C=O) groups excluding carboxylic acids is 1. The van der Waals surface area contributed by atoms with Crippen molar-refractivity contribution in [1.82, 2.24) is 4.31 Å². The van der Waals surface area contributed by atoms with E-state index in [-0.39, 0.29) is 23.3 Å². The highest BCUT2D eigenvalue weighted by Gasteiger charge is 2.30. The zero-order chi connectivity index (χ0) is 20.6. The molecule has 3 rings (SSSR count). The van der Waals surface area contributed by atoms with Gasteiger partial charge in [-0.15, -0.1) is 6.58 Å². The predicted molar refractivity (Wildman–Crippen MR) is 110 cm³/mol. The highest BCUT2D eigenvalue weighted by molar-refractivity contribution is 7.89. The van der Waals surface area contributed by atoms with Gasteiger partial charge in [-0.05, 0) is 49.2 Å². The van der Waals surface area contributed by atoms with Crippen molar-refractivity contribution in [2.45, 2.75) is 12.8 Å². The van der Waals surface area contributed by atoms with E-state index in [1.807, 2.05) is 30.3 Å². The van der Waals surface area contributed by atoms with Crippen LogP contribution >= 0.6 is 11.6 Å². The number of rotatable bonds is 5. The highest BCUT2D eigenvalue weighted by Crippen LogP contribution is 2.23. The second-order valence-corrected chi connectivity index (χ2v) is 8.86. The summed E-state index contributed by atoms with van der Waals surface area (Å²) in [7, 11) is -3.30. The molecule has 1 fully saturated rings. The predicted octanol–water partition coefficient (Wildman–Crippen LogP) is 4.58. The van der Waals surface area contributed by atoms with Crippen LogP contribution in [0.3, 0.4) is 0 Å². The van der Waals surface area contributed by atoms with E-state index >= 15 is 0 Å². The van der Waals surface area contributed by atoms with E-state index in [9.17, 15) is 17.6 Å². The lowest BCUT2D eigenvalue weighted by Gasteiger charge is -2.30. The topological polar surface area (TPSA) is 54.5 Å². The minimum atomic E-state index is -3.30. The molecule has 1 aliphatic rings. The van der Waals surface area contributed by atoms with Crippen molar-refractivity contribution >= 4 is 27.4 Å². The van der Waals surface area contributed by atoms with Gasteiger partial charge >= 0.3 is 0 Å². The third kappa shape index (κ3) is 6.55. The summed E-state index contributed by atoms with van der Waals surface area (Å²) in [5, 5.41) is 0.794. The maximum atomic E-state index is 12.9. The molecule has 0 atom stereocenters. The Kier molecular flexibility index (Phi) is 8.35. The smallest absolute Gasteiger partial charge is 0.217 e. The van der Waals surface area contributed by atoms with Gasteiger partial charge in [0.15, 0.2) is 5.78 Å². The lowest BCUT2D eigenvalue weighted by Crippen LogP contribution is -2.41. The number of Topliss-reactive ketones (excluding diaryl/α,β-unsaturated/α-hetero) is 1. The maximum absolute atomic E-state index is 12.9. The van der Waals surface area contributed by atoms with E-state index in [0.717, 1.165) is 5.02 Å². The van der Waals surface area contributed by atoms with Crippen LogP contribution in [0.15, 0.2) is 67.3 Å². The molecule has 1 saturated heterocycles. The number of ketones is 1. The molecule has 4 nitrogen and oxygen atoms in total. The van der Waals surface area contributed by atoms with Crippen LogP contribution in [0.5, 0.6) is 0 Å². The summed E-state index contributed by atoms with van der Waals surface area (Å²) in [5.74, 6) is -0.706. The molecular weight excluding hydrogens is 401 g/mol. The summed E-state index contributed by atoms with van der Waals surface area (Å²) in [4.78, 5) is 12.3. The Bertz CT molecular complexity index is 878. The van der Waals surface area contributed by atoms with Crippen LogP contribution in [0.4, 0.5) is 4.39 Å². The first kappa shape index (κ1) is 22.3. The lowest BCUT2D eigenvalue weighted by atomic mass is 9.90. The molecule has 7 heteroatoms. The number of halogens is 2. The zero-order valence-electron chi connectivity index (χ0n) is 15.4. The monoisotopic (exact) mass is 423 g/mol. The fourth-order valence-electron chi connectivity index (χ4n) is 2.92. The number of hydrogen-bond acceptors (Lipinski definition) is 3. The van der Waals surface area contributed by atoms with E-state index in [4.69, 9.17) is 11.6 Å². The van der Waals surface area contributed by atoms with Crippen LogP contribution in [0.1, 0.15) is 23.2 Å². The van der Waals surface area contributed by atoms with Gasteiger partial charge in [0, 0.05) is 29.6 Å². The normalized spacial score (nSPS) is 15.4. The molecule has 0 N–H and O–H groups in total. The summed E-state index contributed by atoms with van der Waals surface area (Å²) in [6.45, 7) is 4.12. The van der Waals surface area contributed by atoms with Gasteiger partial charge in [-0.2, -0.15) is 0 Å². The minimum absolute atomic E-state index is 0.0456. The zero-order valence-corrected chi connectivity index (χ0v) is 17.0. The molecule has 28 heavy (non-hydrogen) atoms. The Morgan fingerprint density at radius 1 is 1.11 bits per heavy atom. The van der Waals surface area contributed by atoms with Gasteiger partial charge < -0.3 is 0 Å². The second kappa shape index (κ2) is 10.5. The van der Waals surface area contributed by atoms with E-state index < -0.39 is 10.0 Å². The minimum Gasteiger partial charge on any atom is -0.294 e. The quantitative estimate of drug-likeness (QED) is 0.522. The molecule has 0 unspecified atom stereocenters. The van der Waals surface area contributed by atoms with Crippen LogP contribution in [0, 0.1) is 11.7 Å². The van der Waals surface area contributed by atoms with Gasteiger partial charge in [0.2, 0.25) is 10.0 Å². The van der Waals surface area contributed by atoms with Crippen molar-refractivity contribution < 1.29 is 17.6 Å². The molecule has 1 heterocycles. The van der Waals surface area contributed by atoms with Crippen molar-refractivity contribution in [3.05, 3.63) is 83.7 Å². The first-order chi connectivity index (χ1) is 13.3. The summed E-state index contributed by atoms with van der Waals surface area (Å²) in [6, 6.07) is 14.9. The molecule has 0 amide bonds. The largest absolute Gasteiger partial charge is 0.294 e. The van der Waals surface area contributed by atoms with Crippen molar-refractivity contribution in [2.24, 2.45) is 5.92 Å². The van der Waals surface area contributed by atoms with Gasteiger partial charge in [-0.25, -0.2) is 17.1 Å². The Balaban J connectivity index is 0.000000336. The molecule has 0 saturated carbocycles. The maximum Gasteiger partial charge on any atom is 0.217 e. The molecule has 0 bridgehead atoms. The Hall–Kier alpha value is -2.02. The van der Waals surface area contributed by atoms with Gasteiger partial charge in [-0.1, -0.05) is 35.9 Å². The molecule has 0 aromatic heterocycles. The number of piperidine rings is 1. The van der Waals surface area contributed by atoms with Crippen molar-refractivity contribution in [3.8, 4) is 0 Å². The summed E-state index contributed by atoms with van der Waals surface area (Å²) >= 11 is 5.54. The third-order valence-electron chi connectivity index (χ3n) is 4.41. The number of benzene rings is 2. The van der Waals surface area contributed by atoms with Crippen molar-refractivity contribution in [2.75, 3.05) is 18.8 Å². The molecule has 0 radical (unpaired) electrons. The molecule has 2 aromatic rings. The Labute approximate surface area is 170 Å². The summed E-state index contributed by atoms with van der Waals surface area (Å²) in [5.41, 5.74) is 0.476. The average Bonchev–Trinajstić information content (AvgIpc) is 2.69. The van der Waals surface area contributed by atoms with Crippen LogP contribution in [0.25, 0.3) is 0 Å². The molecule has 1 aliphatic heterocycles. The van der Waals surface area contributed by atoms with Gasteiger partial charge in [0.1, 0.15) is 5.82 Å². The lowest BCUT2D eigenvalue weighted by molar-refractivity contribution is 0.0875. The van der Waals surface area contributed by atoms with Gasteiger partial charge in [0.05, 0.1) is 5.75 Å². The van der Waals surface area contributed by atoms with Crippen LogP contribution in [-0.4, -0.2) is 37.3 Å². The van der Waals surface area contributed by atoms with Gasteiger partial charge in [-0.3, -0.25) is 4.79 Å². The fraction of sp³-hybridized carbons (Fsp3) is 0.286. The first-order valence-electron chi connectivity index (χ1n) is 8.92. The number of sulfonamides is 1. The highest BCUT2D eigenvalue weighted by atomic mass is 35.5. The number of hydrogen-bond donors (Lipinski definition) is 0. The van der Waals surface area contributed by atoms with E-state index in [1.54, 1.807) is 0 Å². The van der Waals surface area contributed by atoms with Crippen LogP contribution < -0.4 is 0 Å². The van der Waals surface area contributed by atoms with Crippen molar-refractivity contribution in [1.29, 1.82) is 0 Å². The summed E-state index contributed by atoms with van der Waals surface area (Å²) < 4.78 is 38.1. The molecular formula is C21H23ClFNO3S. The molecule has 150 valence electrons. The Morgan fingerprint density at radius 2 is 1.68 bits per heavy atom. The van der Waals surface area contributed by atoms with Gasteiger partial charge in [0.25, 0.3) is 0 Å². The third-order valence-corrected chi connectivity index (χ3v) is 6.47. The van der Waals surface area contributed by atoms with Crippen molar-refractivity contribution in [3.63, 3.8) is 0 Å². The summed E-state index contributed by atoms with van der Waals surface area (Å²) in [6.07, 6.45) is 2.35. The van der Waals surface area contributed by atoms with E-state index in [2.05, 4.69) is 6.58 Å². The average molecular weight is 424 g/mol. The Morgan fingerprint density at radius 3 is 2.14 bits per heavy atom. The molecule has 0 spiro atoms. The van der Waals surface area contributed by atoms with E-state index in [0.29, 0.717) is 31.5 Å². The van der Waals surface area contributed by atoms with Crippen LogP contribution in [0.2, 0.25) is 5.02 Å². The molecule has 0 aliphatic carbocycles. The fourth-order valence-corrected chi connectivity index (χ4v) is 4.34. The SMILES string of the molecule is C=CCS(=O)(=O)N1CCC(C(=O)c2ccc(F)cc2)CC1.Clc1ccccc1. The number of nitrogens with zero attached hydrogens (tertiary/aromatic N) is 1. The number of carbonyl (C=O) groups is 1. The first-order valence-corrected chi connectivity index (χ1v) is 10.9.